The zero-order valence-corrected chi connectivity index (χ0v) is 9.16. The fourth-order valence-electron chi connectivity index (χ4n) is 1.14. The van der Waals surface area contributed by atoms with Crippen LogP contribution in [0.4, 0.5) is 13.2 Å². The topological polar surface area (TPSA) is 17.0 Å². The van der Waals surface area contributed by atoms with Gasteiger partial charge in [0.15, 0.2) is 0 Å². The van der Waals surface area contributed by atoms with Gasteiger partial charge in [0, 0.05) is 38.3 Å². The molecule has 1 rings (SSSR count). The summed E-state index contributed by atoms with van der Waals surface area (Å²) in [5, 5.41) is 2.95. The Hall–Kier alpha value is -0.620. The summed E-state index contributed by atoms with van der Waals surface area (Å²) >= 11 is 0.00621. The Labute approximate surface area is 90.8 Å². The van der Waals surface area contributed by atoms with E-state index in [1.54, 1.807) is 0 Å². The largest absolute Gasteiger partial charge is 0.441 e. The predicted molar refractivity (Wildman–Crippen MR) is 55.6 cm³/mol. The van der Waals surface area contributed by atoms with Crippen LogP contribution in [0.1, 0.15) is 5.56 Å². The monoisotopic (exact) mass is 238 g/mol. The first-order valence-corrected chi connectivity index (χ1v) is 5.48. The molecular formula is C9H13F3N2S. The number of nitrogens with one attached hydrogen (secondary N) is 1. The molecule has 0 aromatic carbocycles. The molecular weight excluding hydrogens is 225 g/mol. The van der Waals surface area contributed by atoms with Crippen LogP contribution in [-0.4, -0.2) is 22.4 Å². The zero-order chi connectivity index (χ0) is 11.3. The van der Waals surface area contributed by atoms with Crippen LogP contribution in [-0.2, 0) is 13.6 Å². The first-order chi connectivity index (χ1) is 6.97. The molecule has 1 N–H and O–H groups in total. The minimum absolute atomic E-state index is 0.00621. The summed E-state index contributed by atoms with van der Waals surface area (Å²) in [6.07, 6.45) is 3.84. The van der Waals surface area contributed by atoms with Crippen molar-refractivity contribution in [2.24, 2.45) is 7.05 Å². The highest BCUT2D eigenvalue weighted by Gasteiger charge is 2.27. The number of hydrogen-bond acceptors (Lipinski definition) is 2. The highest BCUT2D eigenvalue weighted by atomic mass is 32.2. The quantitative estimate of drug-likeness (QED) is 0.793. The second-order valence-corrected chi connectivity index (χ2v) is 4.32. The summed E-state index contributed by atoms with van der Waals surface area (Å²) in [4.78, 5) is 0. The molecule has 1 aromatic rings. The van der Waals surface area contributed by atoms with Gasteiger partial charge in [-0.2, -0.15) is 13.2 Å². The van der Waals surface area contributed by atoms with E-state index >= 15 is 0 Å². The molecule has 6 heteroatoms. The summed E-state index contributed by atoms with van der Waals surface area (Å²) in [6, 6.07) is 1.93. The van der Waals surface area contributed by atoms with Crippen LogP contribution in [0.2, 0.25) is 0 Å². The van der Waals surface area contributed by atoms with Crippen molar-refractivity contribution in [3.8, 4) is 0 Å². The first kappa shape index (κ1) is 12.4. The number of rotatable bonds is 5. The van der Waals surface area contributed by atoms with E-state index in [1.807, 2.05) is 30.1 Å². The summed E-state index contributed by atoms with van der Waals surface area (Å²) in [5.74, 6) is 0.0519. The molecule has 1 heterocycles. The van der Waals surface area contributed by atoms with Gasteiger partial charge in [0.1, 0.15) is 0 Å². The highest BCUT2D eigenvalue weighted by Crippen LogP contribution is 2.29. The minimum Gasteiger partial charge on any atom is -0.357 e. The average molecular weight is 238 g/mol. The number of alkyl halides is 3. The van der Waals surface area contributed by atoms with Gasteiger partial charge in [0.25, 0.3) is 0 Å². The molecule has 0 amide bonds. The molecule has 0 fully saturated rings. The van der Waals surface area contributed by atoms with Crippen molar-refractivity contribution in [3.63, 3.8) is 0 Å². The lowest BCUT2D eigenvalue weighted by Gasteiger charge is -2.05. The molecule has 0 saturated heterocycles. The highest BCUT2D eigenvalue weighted by molar-refractivity contribution is 8.00. The van der Waals surface area contributed by atoms with E-state index in [-0.39, 0.29) is 17.5 Å². The lowest BCUT2D eigenvalue weighted by molar-refractivity contribution is -0.0327. The molecule has 0 aliphatic carbocycles. The van der Waals surface area contributed by atoms with Crippen LogP contribution in [0.5, 0.6) is 0 Å². The molecule has 0 aliphatic heterocycles. The number of nitrogens with zero attached hydrogens (tertiary/aromatic N) is 1. The van der Waals surface area contributed by atoms with E-state index in [0.717, 1.165) is 5.56 Å². The molecule has 0 atom stereocenters. The lowest BCUT2D eigenvalue weighted by Crippen LogP contribution is -2.18. The molecule has 0 aliphatic rings. The fourth-order valence-corrected chi connectivity index (χ4v) is 1.62. The normalized spacial score (nSPS) is 12.0. The van der Waals surface area contributed by atoms with Crippen molar-refractivity contribution < 1.29 is 13.2 Å². The van der Waals surface area contributed by atoms with Crippen molar-refractivity contribution in [2.75, 3.05) is 12.3 Å². The van der Waals surface area contributed by atoms with E-state index in [4.69, 9.17) is 0 Å². The van der Waals surface area contributed by atoms with Gasteiger partial charge in [0.2, 0.25) is 0 Å². The second-order valence-electron chi connectivity index (χ2n) is 3.16. The van der Waals surface area contributed by atoms with Crippen LogP contribution >= 0.6 is 11.8 Å². The van der Waals surface area contributed by atoms with Gasteiger partial charge in [-0.3, -0.25) is 0 Å². The maximum atomic E-state index is 11.7. The SMILES string of the molecule is Cn1ccc(CNCCSC(F)(F)F)c1. The van der Waals surface area contributed by atoms with Crippen molar-refractivity contribution in [2.45, 2.75) is 12.1 Å². The molecule has 0 spiro atoms. The number of halogens is 3. The molecule has 0 unspecified atom stereocenters. The first-order valence-electron chi connectivity index (χ1n) is 4.49. The van der Waals surface area contributed by atoms with Crippen LogP contribution in [0.3, 0.4) is 0 Å². The Morgan fingerprint density at radius 2 is 2.20 bits per heavy atom. The van der Waals surface area contributed by atoms with Gasteiger partial charge >= 0.3 is 5.51 Å². The van der Waals surface area contributed by atoms with Crippen LogP contribution in [0.15, 0.2) is 18.5 Å². The average Bonchev–Trinajstić information content (AvgIpc) is 2.49. The maximum Gasteiger partial charge on any atom is 0.441 e. The van der Waals surface area contributed by atoms with E-state index in [2.05, 4.69) is 5.32 Å². The molecule has 0 bridgehead atoms. The Bertz CT molecular complexity index is 296. The third-order valence-corrected chi connectivity index (χ3v) is 2.50. The Kier molecular flexibility index (Phi) is 4.53. The minimum atomic E-state index is -4.12. The van der Waals surface area contributed by atoms with E-state index < -0.39 is 5.51 Å². The lowest BCUT2D eigenvalue weighted by atomic mass is 10.3. The van der Waals surface area contributed by atoms with Gasteiger partial charge in [-0.1, -0.05) is 0 Å². The van der Waals surface area contributed by atoms with Gasteiger partial charge in [-0.05, 0) is 23.4 Å². The summed E-state index contributed by atoms with van der Waals surface area (Å²) in [7, 11) is 1.91. The van der Waals surface area contributed by atoms with Crippen molar-refractivity contribution >= 4 is 11.8 Å². The number of hydrogen-bond donors (Lipinski definition) is 1. The molecule has 15 heavy (non-hydrogen) atoms. The summed E-state index contributed by atoms with van der Waals surface area (Å²) < 4.78 is 37.1. The van der Waals surface area contributed by atoms with Crippen LogP contribution in [0, 0.1) is 0 Å². The maximum absolute atomic E-state index is 11.7. The van der Waals surface area contributed by atoms with Crippen molar-refractivity contribution in [3.05, 3.63) is 24.0 Å². The Balaban J connectivity index is 2.07. The van der Waals surface area contributed by atoms with Crippen LogP contribution < -0.4 is 5.32 Å². The van der Waals surface area contributed by atoms with Gasteiger partial charge in [-0.25, -0.2) is 0 Å². The summed E-state index contributed by atoms with van der Waals surface area (Å²) in [6.45, 7) is 0.971. The van der Waals surface area contributed by atoms with E-state index in [0.29, 0.717) is 13.1 Å². The molecule has 86 valence electrons. The third-order valence-electron chi connectivity index (χ3n) is 1.77. The van der Waals surface area contributed by atoms with E-state index in [9.17, 15) is 13.2 Å². The van der Waals surface area contributed by atoms with Gasteiger partial charge < -0.3 is 9.88 Å². The molecule has 0 radical (unpaired) electrons. The van der Waals surface area contributed by atoms with Crippen LogP contribution in [0.25, 0.3) is 0 Å². The smallest absolute Gasteiger partial charge is 0.357 e. The van der Waals surface area contributed by atoms with Gasteiger partial charge in [0.05, 0.1) is 0 Å². The predicted octanol–water partition coefficient (Wildman–Crippen LogP) is 2.37. The molecule has 2 nitrogen and oxygen atoms in total. The molecule has 0 saturated carbocycles. The van der Waals surface area contributed by atoms with Crippen molar-refractivity contribution in [1.82, 2.24) is 9.88 Å². The third kappa shape index (κ3) is 5.74. The number of aryl methyl sites for hydroxylation is 1. The molecule has 1 aromatic heterocycles. The van der Waals surface area contributed by atoms with E-state index in [1.165, 1.54) is 0 Å². The Morgan fingerprint density at radius 1 is 1.47 bits per heavy atom. The number of aromatic nitrogens is 1. The standard InChI is InChI=1S/C9H13F3N2S/c1-14-4-2-8(7-14)6-13-3-5-15-9(10,11)12/h2,4,7,13H,3,5-6H2,1H3. The summed E-state index contributed by atoms with van der Waals surface area (Å²) in [5.41, 5.74) is -3.04. The second kappa shape index (κ2) is 5.46. The zero-order valence-electron chi connectivity index (χ0n) is 8.34. The van der Waals surface area contributed by atoms with Crippen molar-refractivity contribution in [1.29, 1.82) is 0 Å². The Morgan fingerprint density at radius 3 is 2.73 bits per heavy atom. The fraction of sp³-hybridized carbons (Fsp3) is 0.556. The number of thioether (sulfide) groups is 1. The van der Waals surface area contributed by atoms with Gasteiger partial charge in [-0.15, -0.1) is 0 Å².